The zero-order valence-corrected chi connectivity index (χ0v) is 12.4. The van der Waals surface area contributed by atoms with Crippen LogP contribution in [0.3, 0.4) is 0 Å². The van der Waals surface area contributed by atoms with Gasteiger partial charge in [-0.1, -0.05) is 13.0 Å². The fourth-order valence-electron chi connectivity index (χ4n) is 3.13. The number of aliphatic carboxylic acids is 1. The molecule has 4 heteroatoms. The van der Waals surface area contributed by atoms with Gasteiger partial charge in [0.2, 0.25) is 0 Å². The topological polar surface area (TPSA) is 53.4 Å². The minimum atomic E-state index is -0.637. The van der Waals surface area contributed by atoms with Crippen molar-refractivity contribution in [2.75, 3.05) is 13.6 Å². The zero-order chi connectivity index (χ0) is 14.6. The second-order valence-electron chi connectivity index (χ2n) is 6.30. The van der Waals surface area contributed by atoms with Crippen LogP contribution in [0.5, 0.6) is 0 Å². The molecule has 20 heavy (non-hydrogen) atoms. The number of aromatic nitrogens is 1. The van der Waals surface area contributed by atoms with Gasteiger partial charge in [0.05, 0.1) is 5.41 Å². The molecule has 2 rings (SSSR count). The van der Waals surface area contributed by atoms with Gasteiger partial charge in [-0.15, -0.1) is 0 Å². The Hall–Kier alpha value is -1.42. The highest BCUT2D eigenvalue weighted by molar-refractivity contribution is 5.75. The summed E-state index contributed by atoms with van der Waals surface area (Å²) in [4.78, 5) is 17.9. The van der Waals surface area contributed by atoms with Crippen LogP contribution < -0.4 is 0 Å². The molecule has 0 atom stereocenters. The number of rotatable bonds is 5. The molecule has 1 aromatic rings. The number of hydrogen-bond acceptors (Lipinski definition) is 3. The fraction of sp³-hybridized carbons (Fsp3) is 0.625. The van der Waals surface area contributed by atoms with Crippen LogP contribution in [0.1, 0.15) is 38.2 Å². The van der Waals surface area contributed by atoms with Crippen LogP contribution >= 0.6 is 0 Å². The van der Waals surface area contributed by atoms with Gasteiger partial charge < -0.3 is 10.0 Å². The number of pyridine rings is 1. The third kappa shape index (κ3) is 3.57. The van der Waals surface area contributed by atoms with Gasteiger partial charge in [0.1, 0.15) is 0 Å². The van der Waals surface area contributed by atoms with Crippen LogP contribution in [0.2, 0.25) is 0 Å². The quantitative estimate of drug-likeness (QED) is 0.898. The van der Waals surface area contributed by atoms with E-state index in [9.17, 15) is 9.90 Å². The molecule has 0 radical (unpaired) electrons. The highest BCUT2D eigenvalue weighted by Gasteiger charge is 2.41. The number of hydrogen-bond donors (Lipinski definition) is 1. The van der Waals surface area contributed by atoms with Gasteiger partial charge in [-0.25, -0.2) is 0 Å². The van der Waals surface area contributed by atoms with E-state index < -0.39 is 11.4 Å². The molecule has 1 fully saturated rings. The van der Waals surface area contributed by atoms with Crippen molar-refractivity contribution in [1.82, 2.24) is 9.88 Å². The number of carboxylic acids is 1. The predicted molar refractivity (Wildman–Crippen MR) is 78.3 cm³/mol. The van der Waals surface area contributed by atoms with Gasteiger partial charge in [0, 0.05) is 25.5 Å². The molecule has 4 nitrogen and oxygen atoms in total. The van der Waals surface area contributed by atoms with Gasteiger partial charge in [-0.05, 0) is 50.3 Å². The monoisotopic (exact) mass is 276 g/mol. The summed E-state index contributed by atoms with van der Waals surface area (Å²) in [7, 11) is 2.00. The van der Waals surface area contributed by atoms with Crippen LogP contribution in [-0.2, 0) is 11.3 Å². The van der Waals surface area contributed by atoms with Gasteiger partial charge in [0.15, 0.2) is 0 Å². The van der Waals surface area contributed by atoms with E-state index in [1.807, 2.05) is 25.4 Å². The fourth-order valence-corrected chi connectivity index (χ4v) is 3.13. The molecule has 0 bridgehead atoms. The van der Waals surface area contributed by atoms with E-state index in [1.54, 1.807) is 6.20 Å². The van der Waals surface area contributed by atoms with E-state index in [0.717, 1.165) is 37.8 Å². The van der Waals surface area contributed by atoms with Gasteiger partial charge >= 0.3 is 5.97 Å². The first kappa shape index (κ1) is 15.0. The average molecular weight is 276 g/mol. The molecular formula is C16H24N2O2. The van der Waals surface area contributed by atoms with E-state index in [2.05, 4.69) is 16.8 Å². The summed E-state index contributed by atoms with van der Waals surface area (Å²) in [5, 5.41) is 9.65. The van der Waals surface area contributed by atoms with Crippen LogP contribution in [0, 0.1) is 11.3 Å². The number of carbonyl (C=O) groups is 1. The van der Waals surface area contributed by atoms with Gasteiger partial charge in [0.25, 0.3) is 0 Å². The summed E-state index contributed by atoms with van der Waals surface area (Å²) in [5.41, 5.74) is 0.559. The maximum absolute atomic E-state index is 11.7. The Labute approximate surface area is 120 Å². The third-order valence-electron chi connectivity index (χ3n) is 4.43. The van der Waals surface area contributed by atoms with Crippen molar-refractivity contribution in [2.24, 2.45) is 11.3 Å². The van der Waals surface area contributed by atoms with Crippen molar-refractivity contribution in [3.63, 3.8) is 0 Å². The van der Waals surface area contributed by atoms with Gasteiger partial charge in [-0.2, -0.15) is 0 Å². The van der Waals surface area contributed by atoms with Crippen molar-refractivity contribution < 1.29 is 9.90 Å². The lowest BCUT2D eigenvalue weighted by atomic mass is 9.70. The lowest BCUT2D eigenvalue weighted by molar-refractivity contribution is -0.153. The molecule has 0 spiro atoms. The number of nitrogens with zero attached hydrogens (tertiary/aromatic N) is 2. The summed E-state index contributed by atoms with van der Waals surface area (Å²) >= 11 is 0. The van der Waals surface area contributed by atoms with Gasteiger partial charge in [-0.3, -0.25) is 9.78 Å². The summed E-state index contributed by atoms with van der Waals surface area (Å²) in [6.45, 7) is 3.58. The molecule has 1 aliphatic rings. The first-order chi connectivity index (χ1) is 9.52. The van der Waals surface area contributed by atoms with Crippen molar-refractivity contribution in [3.05, 3.63) is 30.1 Å². The second kappa shape index (κ2) is 6.35. The smallest absolute Gasteiger partial charge is 0.310 e. The minimum absolute atomic E-state index is 0.566. The largest absolute Gasteiger partial charge is 0.481 e. The normalized spacial score (nSPS) is 26.6. The van der Waals surface area contributed by atoms with Crippen molar-refractivity contribution in [1.29, 1.82) is 0 Å². The second-order valence-corrected chi connectivity index (χ2v) is 6.30. The molecule has 0 aromatic carbocycles. The standard InChI is InChI=1S/C16H24N2O2/c1-13-5-7-16(8-6-13,15(19)20)12-18(2)11-14-4-3-9-17-10-14/h3-4,9-10,13H,5-8,11-12H2,1-2H3,(H,19,20). The molecule has 0 amide bonds. The Kier molecular flexibility index (Phi) is 4.76. The maximum Gasteiger partial charge on any atom is 0.310 e. The minimum Gasteiger partial charge on any atom is -0.481 e. The Balaban J connectivity index is 1.99. The predicted octanol–water partition coefficient (Wildman–Crippen LogP) is 2.79. The Morgan fingerprint density at radius 2 is 2.20 bits per heavy atom. The summed E-state index contributed by atoms with van der Waals surface area (Å²) in [5.74, 6) is 0.0218. The lowest BCUT2D eigenvalue weighted by Crippen LogP contribution is -2.44. The summed E-state index contributed by atoms with van der Waals surface area (Å²) < 4.78 is 0. The third-order valence-corrected chi connectivity index (χ3v) is 4.43. The summed E-state index contributed by atoms with van der Waals surface area (Å²) in [6.07, 6.45) is 7.22. The molecule has 1 saturated carbocycles. The summed E-state index contributed by atoms with van der Waals surface area (Å²) in [6, 6.07) is 3.94. The SMILES string of the molecule is CC1CCC(CN(C)Cc2cccnc2)(C(=O)O)CC1. The van der Waals surface area contributed by atoms with E-state index in [4.69, 9.17) is 0 Å². The maximum atomic E-state index is 11.7. The van der Waals surface area contributed by atoms with Crippen LogP contribution in [-0.4, -0.2) is 34.6 Å². The molecule has 0 aliphatic heterocycles. The van der Waals surface area contributed by atoms with Crippen LogP contribution in [0.15, 0.2) is 24.5 Å². The van der Waals surface area contributed by atoms with E-state index >= 15 is 0 Å². The van der Waals surface area contributed by atoms with Crippen LogP contribution in [0.25, 0.3) is 0 Å². The molecule has 1 aromatic heterocycles. The van der Waals surface area contributed by atoms with E-state index in [1.165, 1.54) is 0 Å². The molecular weight excluding hydrogens is 252 g/mol. The highest BCUT2D eigenvalue weighted by atomic mass is 16.4. The lowest BCUT2D eigenvalue weighted by Gasteiger charge is -2.38. The van der Waals surface area contributed by atoms with Crippen molar-refractivity contribution in [3.8, 4) is 0 Å². The molecule has 1 N–H and O–H groups in total. The molecule has 110 valence electrons. The molecule has 0 unspecified atom stereocenters. The van der Waals surface area contributed by atoms with Crippen LogP contribution in [0.4, 0.5) is 0 Å². The number of carboxylic acid groups (broad SMARTS) is 1. The van der Waals surface area contributed by atoms with Crippen molar-refractivity contribution >= 4 is 5.97 Å². The zero-order valence-electron chi connectivity index (χ0n) is 12.4. The van der Waals surface area contributed by atoms with E-state index in [0.29, 0.717) is 12.5 Å². The average Bonchev–Trinajstić information content (AvgIpc) is 2.42. The Morgan fingerprint density at radius 1 is 1.50 bits per heavy atom. The first-order valence-electron chi connectivity index (χ1n) is 7.33. The van der Waals surface area contributed by atoms with E-state index in [-0.39, 0.29) is 0 Å². The molecule has 1 heterocycles. The molecule has 1 aliphatic carbocycles. The molecule has 0 saturated heterocycles. The first-order valence-corrected chi connectivity index (χ1v) is 7.33. The van der Waals surface area contributed by atoms with Crippen molar-refractivity contribution in [2.45, 2.75) is 39.2 Å². The Bertz CT molecular complexity index is 439. The Morgan fingerprint density at radius 3 is 2.75 bits per heavy atom. The highest BCUT2D eigenvalue weighted by Crippen LogP contribution is 2.39.